The highest BCUT2D eigenvalue weighted by molar-refractivity contribution is 5.84. The molecule has 0 fully saturated rings. The van der Waals surface area contributed by atoms with Crippen molar-refractivity contribution in [1.82, 2.24) is 5.32 Å². The summed E-state index contributed by atoms with van der Waals surface area (Å²) in [7, 11) is 0. The summed E-state index contributed by atoms with van der Waals surface area (Å²) >= 11 is 0. The van der Waals surface area contributed by atoms with Crippen LogP contribution in [0, 0.1) is 11.7 Å². The average Bonchev–Trinajstić information content (AvgIpc) is 2.39. The molecule has 4 nitrogen and oxygen atoms in total. The number of hydrogen-bond donors (Lipinski definition) is 2. The second-order valence-electron chi connectivity index (χ2n) is 5.25. The fourth-order valence-electron chi connectivity index (χ4n) is 1.82. The van der Waals surface area contributed by atoms with Gasteiger partial charge in [-0.1, -0.05) is 38.1 Å². The van der Waals surface area contributed by atoms with Crippen LogP contribution in [0.25, 0.3) is 6.08 Å². The highest BCUT2D eigenvalue weighted by Gasteiger charge is 2.20. The van der Waals surface area contributed by atoms with Crippen molar-refractivity contribution in [3.8, 4) is 0 Å². The Kier molecular flexibility index (Phi) is 6.59. The number of halogens is 1. The zero-order valence-electron chi connectivity index (χ0n) is 12.2. The Morgan fingerprint density at radius 1 is 1.29 bits per heavy atom. The van der Waals surface area contributed by atoms with Crippen molar-refractivity contribution in [3.63, 3.8) is 0 Å². The van der Waals surface area contributed by atoms with E-state index in [1.54, 1.807) is 24.3 Å². The van der Waals surface area contributed by atoms with E-state index in [9.17, 15) is 14.0 Å². The maximum absolute atomic E-state index is 12.7. The quantitative estimate of drug-likeness (QED) is 0.812. The molecule has 0 saturated carbocycles. The van der Waals surface area contributed by atoms with Gasteiger partial charge in [-0.15, -0.1) is 0 Å². The lowest BCUT2D eigenvalue weighted by Gasteiger charge is -2.15. The zero-order chi connectivity index (χ0) is 15.8. The van der Waals surface area contributed by atoms with E-state index in [1.807, 2.05) is 13.8 Å². The van der Waals surface area contributed by atoms with Crippen molar-refractivity contribution in [2.24, 2.45) is 5.92 Å². The summed E-state index contributed by atoms with van der Waals surface area (Å²) in [6.45, 7) is 3.80. The molecule has 0 radical (unpaired) electrons. The fourth-order valence-corrected chi connectivity index (χ4v) is 1.82. The third-order valence-corrected chi connectivity index (χ3v) is 2.82. The lowest BCUT2D eigenvalue weighted by molar-refractivity contribution is -0.142. The first-order valence-electron chi connectivity index (χ1n) is 6.82. The molecule has 1 aromatic carbocycles. The molecule has 2 N–H and O–H groups in total. The van der Waals surface area contributed by atoms with Crippen molar-refractivity contribution >= 4 is 18.0 Å². The van der Waals surface area contributed by atoms with E-state index >= 15 is 0 Å². The van der Waals surface area contributed by atoms with E-state index in [2.05, 4.69) is 5.32 Å². The lowest BCUT2D eigenvalue weighted by Crippen LogP contribution is -2.41. The number of carboxylic acid groups (broad SMARTS) is 1. The monoisotopic (exact) mass is 293 g/mol. The van der Waals surface area contributed by atoms with Gasteiger partial charge in [0.15, 0.2) is 0 Å². The largest absolute Gasteiger partial charge is 0.480 e. The maximum Gasteiger partial charge on any atom is 0.326 e. The summed E-state index contributed by atoms with van der Waals surface area (Å²) in [6.07, 6.45) is 3.79. The van der Waals surface area contributed by atoms with E-state index in [4.69, 9.17) is 5.11 Å². The van der Waals surface area contributed by atoms with Gasteiger partial charge in [0.25, 0.3) is 0 Å². The van der Waals surface area contributed by atoms with Crippen molar-refractivity contribution < 1.29 is 19.1 Å². The molecule has 114 valence electrons. The van der Waals surface area contributed by atoms with Gasteiger partial charge >= 0.3 is 5.97 Å². The van der Waals surface area contributed by atoms with E-state index in [0.717, 1.165) is 5.56 Å². The molecular formula is C16H20FNO3. The summed E-state index contributed by atoms with van der Waals surface area (Å²) in [5.74, 6) is -1.51. The Hall–Kier alpha value is -2.17. The van der Waals surface area contributed by atoms with Crippen molar-refractivity contribution in [1.29, 1.82) is 0 Å². The molecule has 0 heterocycles. The standard InChI is InChI=1S/C16H20FNO3/c1-11(2)10-14(16(20)21)18-15(19)5-3-4-12-6-8-13(17)9-7-12/h3-4,6-9,11,14H,5,10H2,1-2H3,(H,18,19)(H,20,21)/b4-3+/t14-/m0/s1. The van der Waals surface area contributed by atoms with Crippen LogP contribution in [-0.2, 0) is 9.59 Å². The Morgan fingerprint density at radius 2 is 1.90 bits per heavy atom. The molecular weight excluding hydrogens is 273 g/mol. The van der Waals surface area contributed by atoms with Crippen molar-refractivity contribution in [3.05, 3.63) is 41.7 Å². The van der Waals surface area contributed by atoms with Gasteiger partial charge in [0.1, 0.15) is 11.9 Å². The Bertz CT molecular complexity index is 509. The molecule has 0 spiro atoms. The second kappa shape index (κ2) is 8.19. The van der Waals surface area contributed by atoms with Gasteiger partial charge in [0.2, 0.25) is 5.91 Å². The molecule has 0 aromatic heterocycles. The number of carbonyl (C=O) groups excluding carboxylic acids is 1. The molecule has 0 aliphatic heterocycles. The Morgan fingerprint density at radius 3 is 2.43 bits per heavy atom. The SMILES string of the molecule is CC(C)C[C@H](NC(=O)C/C=C/c1ccc(F)cc1)C(=O)O. The highest BCUT2D eigenvalue weighted by atomic mass is 19.1. The Balaban J connectivity index is 2.48. The van der Waals surface area contributed by atoms with E-state index in [-0.39, 0.29) is 24.1 Å². The number of hydrogen-bond acceptors (Lipinski definition) is 2. The van der Waals surface area contributed by atoms with Gasteiger partial charge in [-0.2, -0.15) is 0 Å². The number of nitrogens with one attached hydrogen (secondary N) is 1. The van der Waals surface area contributed by atoms with E-state index < -0.39 is 12.0 Å². The van der Waals surface area contributed by atoms with E-state index in [1.165, 1.54) is 12.1 Å². The molecule has 1 atom stereocenters. The molecule has 0 aliphatic carbocycles. The van der Waals surface area contributed by atoms with Crippen LogP contribution in [0.4, 0.5) is 4.39 Å². The van der Waals surface area contributed by atoms with E-state index in [0.29, 0.717) is 6.42 Å². The van der Waals surface area contributed by atoms with Crippen LogP contribution in [0.3, 0.4) is 0 Å². The summed E-state index contributed by atoms with van der Waals surface area (Å²) < 4.78 is 12.7. The number of carbonyl (C=O) groups is 2. The van der Waals surface area contributed by atoms with Crippen LogP contribution in [0.1, 0.15) is 32.3 Å². The minimum absolute atomic E-state index is 0.0826. The molecule has 0 saturated heterocycles. The van der Waals surface area contributed by atoms with Crippen LogP contribution in [0.5, 0.6) is 0 Å². The first-order valence-corrected chi connectivity index (χ1v) is 6.82. The van der Waals surface area contributed by atoms with Crippen LogP contribution in [0.15, 0.2) is 30.3 Å². The molecule has 0 bridgehead atoms. The molecule has 21 heavy (non-hydrogen) atoms. The predicted octanol–water partition coefficient (Wildman–Crippen LogP) is 2.84. The molecule has 1 aromatic rings. The fraction of sp³-hybridized carbons (Fsp3) is 0.375. The van der Waals surface area contributed by atoms with Gasteiger partial charge in [0.05, 0.1) is 0 Å². The Labute approximate surface area is 123 Å². The third-order valence-electron chi connectivity index (χ3n) is 2.82. The van der Waals surface area contributed by atoms with Gasteiger partial charge in [-0.05, 0) is 30.0 Å². The average molecular weight is 293 g/mol. The molecule has 5 heteroatoms. The molecule has 1 amide bonds. The maximum atomic E-state index is 12.7. The van der Waals surface area contributed by atoms with Crippen molar-refractivity contribution in [2.75, 3.05) is 0 Å². The summed E-state index contributed by atoms with van der Waals surface area (Å²) in [5.41, 5.74) is 0.779. The first kappa shape index (κ1) is 16.9. The van der Waals surface area contributed by atoms with Gasteiger partial charge in [0, 0.05) is 6.42 Å². The third kappa shape index (κ3) is 6.70. The minimum Gasteiger partial charge on any atom is -0.480 e. The summed E-state index contributed by atoms with van der Waals surface area (Å²) in [5, 5.41) is 11.5. The summed E-state index contributed by atoms with van der Waals surface area (Å²) in [6, 6.07) is 5.01. The normalized spacial score (nSPS) is 12.6. The van der Waals surface area contributed by atoms with Gasteiger partial charge in [-0.3, -0.25) is 4.79 Å². The van der Waals surface area contributed by atoms with Gasteiger partial charge in [-0.25, -0.2) is 9.18 Å². The van der Waals surface area contributed by atoms with Crippen molar-refractivity contribution in [2.45, 2.75) is 32.7 Å². The van der Waals surface area contributed by atoms with Gasteiger partial charge < -0.3 is 10.4 Å². The van der Waals surface area contributed by atoms with Crippen LogP contribution >= 0.6 is 0 Å². The predicted molar refractivity (Wildman–Crippen MR) is 79.1 cm³/mol. The van der Waals surface area contributed by atoms with Crippen LogP contribution in [-0.4, -0.2) is 23.0 Å². The summed E-state index contributed by atoms with van der Waals surface area (Å²) in [4.78, 5) is 22.7. The lowest BCUT2D eigenvalue weighted by atomic mass is 10.0. The number of benzene rings is 1. The number of rotatable bonds is 7. The molecule has 0 unspecified atom stereocenters. The molecule has 0 aliphatic rings. The zero-order valence-corrected chi connectivity index (χ0v) is 12.2. The first-order chi connectivity index (χ1) is 9.88. The molecule has 1 rings (SSSR count). The highest BCUT2D eigenvalue weighted by Crippen LogP contribution is 2.07. The van der Waals surface area contributed by atoms with Crippen LogP contribution in [0.2, 0.25) is 0 Å². The second-order valence-corrected chi connectivity index (χ2v) is 5.25. The minimum atomic E-state index is -1.03. The number of carboxylic acids is 1. The van der Waals surface area contributed by atoms with Crippen LogP contribution < -0.4 is 5.32 Å². The smallest absolute Gasteiger partial charge is 0.326 e. The number of aliphatic carboxylic acids is 1. The topological polar surface area (TPSA) is 66.4 Å². The number of amides is 1.